The Hall–Kier alpha value is -4.64. The van der Waals surface area contributed by atoms with Crippen molar-refractivity contribution in [2.75, 3.05) is 0 Å². The number of nitrogens with zero attached hydrogens (tertiary/aromatic N) is 6. The molecular formula is C28H26FN7O3. The second-order valence-corrected chi connectivity index (χ2v) is 10.1. The third kappa shape index (κ3) is 4.20. The van der Waals surface area contributed by atoms with Crippen LogP contribution in [0, 0.1) is 33.5 Å². The van der Waals surface area contributed by atoms with Gasteiger partial charge in [-0.05, 0) is 64.4 Å². The lowest BCUT2D eigenvalue weighted by molar-refractivity contribution is 0.0786. The summed E-state index contributed by atoms with van der Waals surface area (Å²) in [6, 6.07) is 8.56. The van der Waals surface area contributed by atoms with Crippen LogP contribution in [0.2, 0.25) is 0 Å². The molecule has 0 aliphatic carbocycles. The molecule has 0 amide bonds. The molecule has 0 fully saturated rings. The van der Waals surface area contributed by atoms with Gasteiger partial charge in [0.2, 0.25) is 5.89 Å². The number of aliphatic hydroxyl groups is 1. The molecule has 198 valence electrons. The third-order valence-electron chi connectivity index (χ3n) is 6.63. The number of benzene rings is 1. The molecule has 0 atom stereocenters. The smallest absolute Gasteiger partial charge is 0.264 e. The van der Waals surface area contributed by atoms with Gasteiger partial charge in [0.15, 0.2) is 17.2 Å². The average molecular weight is 528 g/mol. The minimum atomic E-state index is -1.14. The van der Waals surface area contributed by atoms with E-state index < -0.39 is 11.4 Å². The predicted octanol–water partition coefficient (Wildman–Crippen LogP) is 5.72. The average Bonchev–Trinajstić information content (AvgIpc) is 3.58. The maximum atomic E-state index is 15.0. The number of nitrogens with one attached hydrogen (secondary N) is 1. The highest BCUT2D eigenvalue weighted by Gasteiger charge is 2.24. The molecule has 0 bridgehead atoms. The van der Waals surface area contributed by atoms with Crippen LogP contribution in [0.3, 0.4) is 0 Å². The van der Waals surface area contributed by atoms with Gasteiger partial charge >= 0.3 is 0 Å². The van der Waals surface area contributed by atoms with Crippen LogP contribution in [0.25, 0.3) is 39.3 Å². The summed E-state index contributed by atoms with van der Waals surface area (Å²) >= 11 is 0. The molecule has 39 heavy (non-hydrogen) atoms. The van der Waals surface area contributed by atoms with E-state index >= 15 is 4.39 Å². The molecule has 2 N–H and O–H groups in total. The zero-order valence-corrected chi connectivity index (χ0v) is 22.3. The number of fused-ring (bicyclic) bond motifs is 3. The van der Waals surface area contributed by atoms with Crippen molar-refractivity contribution in [1.82, 2.24) is 34.8 Å². The largest absolute Gasteiger partial charge is 0.452 e. The minimum Gasteiger partial charge on any atom is -0.452 e. The van der Waals surface area contributed by atoms with Crippen molar-refractivity contribution in [2.45, 2.75) is 47.1 Å². The highest BCUT2D eigenvalue weighted by molar-refractivity contribution is 6.04. The van der Waals surface area contributed by atoms with E-state index in [2.05, 4.69) is 30.4 Å². The van der Waals surface area contributed by atoms with E-state index in [9.17, 15) is 5.11 Å². The van der Waals surface area contributed by atoms with Crippen LogP contribution in [0.5, 0.6) is 11.5 Å². The van der Waals surface area contributed by atoms with Crippen LogP contribution in [0.15, 0.2) is 40.9 Å². The van der Waals surface area contributed by atoms with Gasteiger partial charge in [-0.15, -0.1) is 20.4 Å². The van der Waals surface area contributed by atoms with Crippen molar-refractivity contribution in [3.05, 3.63) is 71.0 Å². The molecule has 0 aliphatic heterocycles. The number of aromatic nitrogens is 7. The molecule has 0 aliphatic rings. The molecule has 6 aromatic rings. The first-order valence-corrected chi connectivity index (χ1v) is 12.4. The molecule has 0 saturated heterocycles. The van der Waals surface area contributed by atoms with Crippen LogP contribution in [-0.4, -0.2) is 39.9 Å². The third-order valence-corrected chi connectivity index (χ3v) is 6.63. The van der Waals surface area contributed by atoms with Gasteiger partial charge in [-0.25, -0.2) is 4.39 Å². The second-order valence-electron chi connectivity index (χ2n) is 10.1. The van der Waals surface area contributed by atoms with E-state index in [1.165, 1.54) is 6.07 Å². The fourth-order valence-corrected chi connectivity index (χ4v) is 4.68. The summed E-state index contributed by atoms with van der Waals surface area (Å²) in [5.41, 5.74) is 3.77. The summed E-state index contributed by atoms with van der Waals surface area (Å²) < 4.78 is 28.7. The summed E-state index contributed by atoms with van der Waals surface area (Å²) in [5.74, 6) is 1.34. The molecule has 10 nitrogen and oxygen atoms in total. The highest BCUT2D eigenvalue weighted by Crippen LogP contribution is 2.42. The zero-order valence-electron chi connectivity index (χ0n) is 22.3. The number of ether oxygens (including phenoxy) is 1. The summed E-state index contributed by atoms with van der Waals surface area (Å²) in [6.45, 7) is 10.4. The fourth-order valence-electron chi connectivity index (χ4n) is 4.68. The van der Waals surface area contributed by atoms with Crippen LogP contribution in [0.1, 0.15) is 42.5 Å². The quantitative estimate of drug-likeness (QED) is 0.292. The molecule has 5 heterocycles. The summed E-state index contributed by atoms with van der Waals surface area (Å²) in [4.78, 5) is 7.72. The Bertz CT molecular complexity index is 1870. The molecule has 0 radical (unpaired) electrons. The van der Waals surface area contributed by atoms with Crippen LogP contribution in [-0.2, 0) is 5.60 Å². The Morgan fingerprint density at radius 1 is 1.00 bits per heavy atom. The van der Waals surface area contributed by atoms with Gasteiger partial charge in [0.1, 0.15) is 17.3 Å². The van der Waals surface area contributed by atoms with Crippen molar-refractivity contribution >= 4 is 16.6 Å². The Kier molecular flexibility index (Phi) is 5.51. The van der Waals surface area contributed by atoms with Crippen molar-refractivity contribution in [2.24, 2.45) is 0 Å². The number of rotatable bonds is 5. The maximum Gasteiger partial charge on any atom is 0.264 e. The molecule has 0 spiro atoms. The van der Waals surface area contributed by atoms with Gasteiger partial charge in [-0.1, -0.05) is 6.07 Å². The zero-order chi connectivity index (χ0) is 27.6. The molecule has 1 aromatic carbocycles. The number of H-pyrrole nitrogens is 1. The molecule has 0 unspecified atom stereocenters. The molecule has 11 heteroatoms. The van der Waals surface area contributed by atoms with Crippen molar-refractivity contribution < 1.29 is 18.7 Å². The molecule has 5 aromatic heterocycles. The lowest BCUT2D eigenvalue weighted by Gasteiger charge is -2.21. The first-order valence-electron chi connectivity index (χ1n) is 12.4. The first kappa shape index (κ1) is 24.7. The first-order chi connectivity index (χ1) is 18.5. The second kappa shape index (κ2) is 8.70. The number of pyridine rings is 2. The van der Waals surface area contributed by atoms with E-state index in [4.69, 9.17) is 9.15 Å². The number of hydrogen-bond donors (Lipinski definition) is 2. The molecular weight excluding hydrogens is 501 g/mol. The van der Waals surface area contributed by atoms with Gasteiger partial charge in [-0.3, -0.25) is 9.38 Å². The lowest BCUT2D eigenvalue weighted by atomic mass is 9.93. The number of aromatic amines is 1. The molecule has 6 rings (SSSR count). The van der Waals surface area contributed by atoms with E-state index in [1.54, 1.807) is 46.8 Å². The number of aryl methyl sites for hydroxylation is 4. The van der Waals surface area contributed by atoms with Gasteiger partial charge in [0.25, 0.3) is 5.89 Å². The monoisotopic (exact) mass is 527 g/mol. The number of hydrogen-bond acceptors (Lipinski definition) is 8. The van der Waals surface area contributed by atoms with E-state index in [0.29, 0.717) is 62.7 Å². The highest BCUT2D eigenvalue weighted by atomic mass is 19.1. The van der Waals surface area contributed by atoms with Crippen molar-refractivity contribution in [1.29, 1.82) is 0 Å². The summed E-state index contributed by atoms with van der Waals surface area (Å²) in [7, 11) is 0. The number of halogens is 1. The van der Waals surface area contributed by atoms with Gasteiger partial charge in [-0.2, -0.15) is 0 Å². The maximum absolute atomic E-state index is 15.0. The van der Waals surface area contributed by atoms with Gasteiger partial charge in [0.05, 0.1) is 16.8 Å². The Morgan fingerprint density at radius 2 is 1.79 bits per heavy atom. The van der Waals surface area contributed by atoms with Crippen LogP contribution in [0.4, 0.5) is 4.39 Å². The normalized spacial score (nSPS) is 12.1. The van der Waals surface area contributed by atoms with Crippen LogP contribution < -0.4 is 4.74 Å². The van der Waals surface area contributed by atoms with E-state index in [-0.39, 0.29) is 5.75 Å². The Morgan fingerprint density at radius 3 is 2.49 bits per heavy atom. The van der Waals surface area contributed by atoms with Crippen molar-refractivity contribution in [3.63, 3.8) is 0 Å². The topological polar surface area (TPSA) is 127 Å². The molecule has 0 saturated carbocycles. The van der Waals surface area contributed by atoms with Crippen molar-refractivity contribution in [3.8, 4) is 34.2 Å². The summed E-state index contributed by atoms with van der Waals surface area (Å²) in [6.07, 6.45) is 1.90. The fraction of sp³-hybridized carbons (Fsp3) is 0.250. The van der Waals surface area contributed by atoms with Gasteiger partial charge < -0.3 is 19.2 Å². The van der Waals surface area contributed by atoms with Gasteiger partial charge in [0, 0.05) is 35.3 Å². The van der Waals surface area contributed by atoms with E-state index in [0.717, 1.165) is 10.9 Å². The van der Waals surface area contributed by atoms with E-state index in [1.807, 2.05) is 29.7 Å². The summed E-state index contributed by atoms with van der Waals surface area (Å²) in [5, 5.41) is 28.3. The predicted molar refractivity (Wildman–Crippen MR) is 142 cm³/mol. The Labute approximate surface area is 222 Å². The van der Waals surface area contributed by atoms with Crippen LogP contribution >= 0.6 is 0 Å². The lowest BCUT2D eigenvalue weighted by Crippen LogP contribution is -2.15. The standard InChI is InChI=1S/C28H26FN7O3/c1-13-9-21(29)25(14(2)30-13)39-23-8-7-17(28(5,6)37)10-18(23)20-12-36-15(3)32-34-26(36)24-19(20)11-22(31-24)27-35-33-16(4)38-27/h7-12,31,37H,1-6H3. The Balaban J connectivity index is 1.65. The SMILES string of the molecule is Cc1cc(F)c(Oc2ccc(C(C)(C)O)cc2-c2cn3c(C)nnc3c3[nH]c(-c4nnc(C)o4)cc23)c(C)n1. The minimum absolute atomic E-state index is 0.0340.